The van der Waals surface area contributed by atoms with Crippen molar-refractivity contribution in [2.24, 2.45) is 0 Å². The molecule has 0 aromatic heterocycles. The van der Waals surface area contributed by atoms with E-state index in [1.807, 2.05) is 31.2 Å². The predicted octanol–water partition coefficient (Wildman–Crippen LogP) is 4.84. The van der Waals surface area contributed by atoms with Crippen LogP contribution in [-0.2, 0) is 27.7 Å². The van der Waals surface area contributed by atoms with Crippen molar-refractivity contribution in [3.8, 4) is 5.75 Å². The summed E-state index contributed by atoms with van der Waals surface area (Å²) in [6, 6.07) is 23.7. The Hall–Kier alpha value is -3.84. The van der Waals surface area contributed by atoms with Crippen LogP contribution in [0.3, 0.4) is 0 Å². The van der Waals surface area contributed by atoms with Gasteiger partial charge in [0.05, 0.1) is 17.1 Å². The van der Waals surface area contributed by atoms with E-state index in [1.165, 1.54) is 20.8 Å². The summed E-state index contributed by atoms with van der Waals surface area (Å²) < 4.78 is 34.5. The van der Waals surface area contributed by atoms with Crippen LogP contribution < -0.4 is 14.4 Å². The Labute approximate surface area is 204 Å². The molecule has 1 aliphatic carbocycles. The Bertz CT molecular complexity index is 1570. The molecule has 0 spiro atoms. The standard InChI is InChI=1S/C28H24N2O4S/c1-18-10-15-25-24(16-18)30(35(32,33)21-7-3-2-4-8-21)17-26(34-25)28(31)29-23-14-13-20-12-11-19-6-5-9-22(23)27(19)20/h2-10,13-16,26H,11-12,17H2,1H3,(H,29,31). The van der Waals surface area contributed by atoms with Gasteiger partial charge in [-0.15, -0.1) is 0 Å². The maximum atomic E-state index is 13.6. The number of amides is 1. The minimum absolute atomic E-state index is 0.124. The van der Waals surface area contributed by atoms with Crippen molar-refractivity contribution in [3.05, 3.63) is 95.6 Å². The van der Waals surface area contributed by atoms with Gasteiger partial charge >= 0.3 is 0 Å². The van der Waals surface area contributed by atoms with Gasteiger partial charge in [-0.1, -0.05) is 48.5 Å². The monoisotopic (exact) mass is 484 g/mol. The van der Waals surface area contributed by atoms with E-state index >= 15 is 0 Å². The van der Waals surface area contributed by atoms with Crippen LogP contribution in [0, 0.1) is 6.92 Å². The fourth-order valence-electron chi connectivity index (χ4n) is 5.01. The first kappa shape index (κ1) is 21.7. The highest BCUT2D eigenvalue weighted by atomic mass is 32.2. The zero-order chi connectivity index (χ0) is 24.2. The molecule has 35 heavy (non-hydrogen) atoms. The lowest BCUT2D eigenvalue weighted by atomic mass is 10.0. The number of hydrogen-bond donors (Lipinski definition) is 1. The lowest BCUT2D eigenvalue weighted by Crippen LogP contribution is -2.48. The number of anilines is 2. The number of aryl methyl sites for hydroxylation is 3. The predicted molar refractivity (Wildman–Crippen MR) is 137 cm³/mol. The van der Waals surface area contributed by atoms with Crippen LogP contribution in [0.15, 0.2) is 83.8 Å². The molecule has 0 fully saturated rings. The second-order valence-electron chi connectivity index (χ2n) is 9.03. The third kappa shape index (κ3) is 3.63. The van der Waals surface area contributed by atoms with Crippen LogP contribution >= 0.6 is 0 Å². The zero-order valence-electron chi connectivity index (χ0n) is 19.2. The minimum Gasteiger partial charge on any atom is -0.476 e. The van der Waals surface area contributed by atoms with E-state index in [4.69, 9.17) is 4.74 Å². The lowest BCUT2D eigenvalue weighted by molar-refractivity contribution is -0.122. The number of hydrogen-bond acceptors (Lipinski definition) is 4. The number of fused-ring (bicyclic) bond motifs is 1. The summed E-state index contributed by atoms with van der Waals surface area (Å²) in [5.74, 6) is -0.0231. The molecule has 176 valence electrons. The Morgan fingerprint density at radius 3 is 2.51 bits per heavy atom. The highest BCUT2D eigenvalue weighted by molar-refractivity contribution is 7.92. The molecule has 6 nitrogen and oxygen atoms in total. The minimum atomic E-state index is -3.90. The maximum Gasteiger partial charge on any atom is 0.267 e. The van der Waals surface area contributed by atoms with Crippen molar-refractivity contribution in [2.75, 3.05) is 16.2 Å². The van der Waals surface area contributed by atoms with E-state index in [2.05, 4.69) is 17.4 Å². The number of benzene rings is 4. The van der Waals surface area contributed by atoms with Crippen molar-refractivity contribution in [3.63, 3.8) is 0 Å². The van der Waals surface area contributed by atoms with Gasteiger partial charge in [-0.25, -0.2) is 8.42 Å². The van der Waals surface area contributed by atoms with Gasteiger partial charge in [0.25, 0.3) is 15.9 Å². The highest BCUT2D eigenvalue weighted by Crippen LogP contribution is 2.39. The first-order valence-corrected chi connectivity index (χ1v) is 13.1. The Balaban J connectivity index is 1.36. The van der Waals surface area contributed by atoms with E-state index in [-0.39, 0.29) is 17.3 Å². The quantitative estimate of drug-likeness (QED) is 0.450. The van der Waals surface area contributed by atoms with Gasteiger partial charge in [0.1, 0.15) is 5.75 Å². The lowest BCUT2D eigenvalue weighted by Gasteiger charge is -2.35. The highest BCUT2D eigenvalue weighted by Gasteiger charge is 2.38. The van der Waals surface area contributed by atoms with Gasteiger partial charge in [-0.2, -0.15) is 0 Å². The third-order valence-corrected chi connectivity index (χ3v) is 8.54. The van der Waals surface area contributed by atoms with Crippen LogP contribution in [0.4, 0.5) is 11.4 Å². The summed E-state index contributed by atoms with van der Waals surface area (Å²) in [4.78, 5) is 13.6. The van der Waals surface area contributed by atoms with Gasteiger partial charge < -0.3 is 10.1 Å². The zero-order valence-corrected chi connectivity index (χ0v) is 20.0. The molecular formula is C28H24N2O4S. The third-order valence-electron chi connectivity index (χ3n) is 6.74. The number of sulfonamides is 1. The molecule has 1 N–H and O–H groups in total. The molecule has 0 saturated heterocycles. The molecular weight excluding hydrogens is 460 g/mol. The molecule has 1 aliphatic heterocycles. The molecule has 0 saturated carbocycles. The number of rotatable bonds is 4. The van der Waals surface area contributed by atoms with Crippen molar-refractivity contribution < 1.29 is 17.9 Å². The summed E-state index contributed by atoms with van der Waals surface area (Å²) in [7, 11) is -3.90. The molecule has 1 amide bonds. The molecule has 1 unspecified atom stereocenters. The Morgan fingerprint density at radius 1 is 0.943 bits per heavy atom. The normalized spacial score (nSPS) is 16.6. The maximum absolute atomic E-state index is 13.6. The fourth-order valence-corrected chi connectivity index (χ4v) is 6.50. The van der Waals surface area contributed by atoms with Crippen LogP contribution in [0.5, 0.6) is 5.75 Å². The van der Waals surface area contributed by atoms with E-state index in [0.717, 1.165) is 23.8 Å². The Kier molecular flexibility index (Phi) is 5.04. The molecule has 1 atom stereocenters. The van der Waals surface area contributed by atoms with Crippen molar-refractivity contribution in [1.82, 2.24) is 0 Å². The van der Waals surface area contributed by atoms with Crippen molar-refractivity contribution in [1.29, 1.82) is 0 Å². The molecule has 7 heteroatoms. The molecule has 4 aromatic rings. The van der Waals surface area contributed by atoms with Crippen LogP contribution in [0.2, 0.25) is 0 Å². The molecule has 4 aromatic carbocycles. The summed E-state index contributed by atoms with van der Waals surface area (Å²) in [5.41, 5.74) is 4.60. The van der Waals surface area contributed by atoms with Crippen LogP contribution in [0.1, 0.15) is 16.7 Å². The first-order chi connectivity index (χ1) is 16.9. The molecule has 6 rings (SSSR count). The number of nitrogens with zero attached hydrogens (tertiary/aromatic N) is 1. The Morgan fingerprint density at radius 2 is 1.71 bits per heavy atom. The molecule has 2 aliphatic rings. The largest absolute Gasteiger partial charge is 0.476 e. The van der Waals surface area contributed by atoms with Crippen LogP contribution in [0.25, 0.3) is 10.8 Å². The van der Waals surface area contributed by atoms with E-state index in [0.29, 0.717) is 17.1 Å². The number of nitrogens with one attached hydrogen (secondary N) is 1. The van der Waals surface area contributed by atoms with E-state index < -0.39 is 16.1 Å². The van der Waals surface area contributed by atoms with Crippen molar-refractivity contribution >= 4 is 38.1 Å². The SMILES string of the molecule is Cc1ccc2c(c1)N(S(=O)(=O)c1ccccc1)CC(C(=O)Nc1ccc3c4c(cccc14)CC3)O2. The smallest absolute Gasteiger partial charge is 0.267 e. The number of carbonyl (C=O) groups is 1. The fraction of sp³-hybridized carbons (Fsp3) is 0.179. The average Bonchev–Trinajstić information content (AvgIpc) is 3.30. The van der Waals surface area contributed by atoms with Crippen molar-refractivity contribution in [2.45, 2.75) is 30.8 Å². The second kappa shape index (κ2) is 8.13. The number of carbonyl (C=O) groups excluding carboxylic acids is 1. The second-order valence-corrected chi connectivity index (χ2v) is 10.9. The van der Waals surface area contributed by atoms with E-state index in [9.17, 15) is 13.2 Å². The summed E-state index contributed by atoms with van der Waals surface area (Å²) in [6.45, 7) is 1.77. The molecule has 1 heterocycles. The first-order valence-electron chi connectivity index (χ1n) is 11.6. The topological polar surface area (TPSA) is 75.7 Å². The summed E-state index contributed by atoms with van der Waals surface area (Å²) in [5, 5.41) is 5.20. The average molecular weight is 485 g/mol. The van der Waals surface area contributed by atoms with Gasteiger partial charge in [0.15, 0.2) is 6.10 Å². The van der Waals surface area contributed by atoms with Gasteiger partial charge in [0.2, 0.25) is 0 Å². The summed E-state index contributed by atoms with van der Waals surface area (Å²) in [6.07, 6.45) is 0.989. The molecule has 0 bridgehead atoms. The molecule has 0 radical (unpaired) electrons. The van der Waals surface area contributed by atoms with Gasteiger partial charge in [-0.3, -0.25) is 9.10 Å². The van der Waals surface area contributed by atoms with Gasteiger partial charge in [0, 0.05) is 11.1 Å². The van der Waals surface area contributed by atoms with E-state index in [1.54, 1.807) is 42.5 Å². The summed E-state index contributed by atoms with van der Waals surface area (Å²) >= 11 is 0. The van der Waals surface area contributed by atoms with Crippen LogP contribution in [-0.4, -0.2) is 27.0 Å². The number of ether oxygens (including phenoxy) is 1. The van der Waals surface area contributed by atoms with Gasteiger partial charge in [-0.05, 0) is 72.2 Å².